The van der Waals surface area contributed by atoms with E-state index in [9.17, 15) is 0 Å². The van der Waals surface area contributed by atoms with Crippen molar-refractivity contribution in [3.8, 4) is 0 Å². The molecule has 0 saturated carbocycles. The average Bonchev–Trinajstić information content (AvgIpc) is 2.48. The van der Waals surface area contributed by atoms with Crippen LogP contribution in [-0.4, -0.2) is 36.1 Å². The van der Waals surface area contributed by atoms with Crippen LogP contribution in [-0.2, 0) is 0 Å². The van der Waals surface area contributed by atoms with Crippen LogP contribution in [0.2, 0.25) is 0 Å². The Balaban J connectivity index is 1.70. The van der Waals surface area contributed by atoms with Gasteiger partial charge in [0, 0.05) is 38.1 Å². The molecule has 2 N–H and O–H groups in total. The highest BCUT2D eigenvalue weighted by molar-refractivity contribution is 5.67. The molecule has 5 heteroatoms. The minimum Gasteiger partial charge on any atom is -0.397 e. The summed E-state index contributed by atoms with van der Waals surface area (Å²) >= 11 is 0. The lowest BCUT2D eigenvalue weighted by Gasteiger charge is -2.36. The summed E-state index contributed by atoms with van der Waals surface area (Å²) in [5.41, 5.74) is 9.00. The van der Waals surface area contributed by atoms with Crippen LogP contribution in [0.15, 0.2) is 36.5 Å². The lowest BCUT2D eigenvalue weighted by molar-refractivity contribution is 0.639. The first-order valence-electron chi connectivity index (χ1n) is 6.88. The number of aryl methyl sites for hydroxylation is 1. The van der Waals surface area contributed by atoms with Gasteiger partial charge in [-0.1, -0.05) is 12.1 Å². The van der Waals surface area contributed by atoms with E-state index in [1.807, 2.05) is 37.4 Å². The number of nitrogens with two attached hydrogens (primary N) is 1. The Morgan fingerprint density at radius 1 is 1.00 bits per heavy atom. The van der Waals surface area contributed by atoms with Crippen LogP contribution in [0.1, 0.15) is 5.69 Å². The summed E-state index contributed by atoms with van der Waals surface area (Å²) in [5, 5.41) is 0. The number of anilines is 3. The first kappa shape index (κ1) is 12.7. The summed E-state index contributed by atoms with van der Waals surface area (Å²) in [4.78, 5) is 13.4. The molecule has 1 saturated heterocycles. The van der Waals surface area contributed by atoms with E-state index in [1.54, 1.807) is 0 Å². The topological polar surface area (TPSA) is 58.3 Å². The molecule has 0 unspecified atom stereocenters. The molecule has 0 atom stereocenters. The van der Waals surface area contributed by atoms with E-state index in [-0.39, 0.29) is 0 Å². The molecule has 0 bridgehead atoms. The summed E-state index contributed by atoms with van der Waals surface area (Å²) in [7, 11) is 0. The molecule has 104 valence electrons. The van der Waals surface area contributed by atoms with Crippen molar-refractivity contribution < 1.29 is 0 Å². The van der Waals surface area contributed by atoms with E-state index < -0.39 is 0 Å². The van der Waals surface area contributed by atoms with Crippen molar-refractivity contribution in [1.29, 1.82) is 0 Å². The zero-order chi connectivity index (χ0) is 13.9. The Morgan fingerprint density at radius 3 is 2.40 bits per heavy atom. The molecule has 20 heavy (non-hydrogen) atoms. The monoisotopic (exact) mass is 269 g/mol. The fourth-order valence-electron chi connectivity index (χ4n) is 2.51. The molecule has 0 spiro atoms. The molecule has 1 aromatic carbocycles. The first-order chi connectivity index (χ1) is 9.74. The van der Waals surface area contributed by atoms with Crippen LogP contribution in [0.3, 0.4) is 0 Å². The Morgan fingerprint density at radius 2 is 1.70 bits per heavy atom. The number of hydrogen-bond acceptors (Lipinski definition) is 5. The van der Waals surface area contributed by atoms with Crippen LogP contribution in [0.4, 0.5) is 17.3 Å². The predicted octanol–water partition coefficient (Wildman–Crippen LogP) is 1.69. The third-order valence-corrected chi connectivity index (χ3v) is 3.62. The molecule has 5 nitrogen and oxygen atoms in total. The van der Waals surface area contributed by atoms with Gasteiger partial charge in [-0.05, 0) is 25.1 Å². The Bertz CT molecular complexity index is 590. The van der Waals surface area contributed by atoms with Gasteiger partial charge in [-0.3, -0.25) is 0 Å². The third kappa shape index (κ3) is 2.52. The molecule has 1 fully saturated rings. The SMILES string of the molecule is Cc1ccnc(N2CCN(c3ccccc3N)CC2)n1. The van der Waals surface area contributed by atoms with Crippen molar-refractivity contribution in [3.63, 3.8) is 0 Å². The molecule has 0 aliphatic carbocycles. The summed E-state index contributed by atoms with van der Waals surface area (Å²) in [6.07, 6.45) is 1.82. The van der Waals surface area contributed by atoms with Crippen LogP contribution in [0, 0.1) is 6.92 Å². The van der Waals surface area contributed by atoms with E-state index in [4.69, 9.17) is 5.73 Å². The quantitative estimate of drug-likeness (QED) is 0.841. The average molecular weight is 269 g/mol. The third-order valence-electron chi connectivity index (χ3n) is 3.62. The second kappa shape index (κ2) is 5.36. The van der Waals surface area contributed by atoms with Crippen molar-refractivity contribution in [2.24, 2.45) is 0 Å². The van der Waals surface area contributed by atoms with E-state index in [0.717, 1.165) is 49.2 Å². The van der Waals surface area contributed by atoms with Gasteiger partial charge in [-0.2, -0.15) is 0 Å². The van der Waals surface area contributed by atoms with Crippen molar-refractivity contribution in [3.05, 3.63) is 42.2 Å². The maximum absolute atomic E-state index is 6.04. The molecule has 1 aliphatic rings. The highest BCUT2D eigenvalue weighted by atomic mass is 15.3. The Kier molecular flexibility index (Phi) is 3.41. The van der Waals surface area contributed by atoms with E-state index >= 15 is 0 Å². The minimum absolute atomic E-state index is 0.825. The second-order valence-electron chi connectivity index (χ2n) is 5.03. The van der Waals surface area contributed by atoms with Crippen molar-refractivity contribution in [2.45, 2.75) is 6.92 Å². The minimum atomic E-state index is 0.825. The largest absolute Gasteiger partial charge is 0.397 e. The zero-order valence-electron chi connectivity index (χ0n) is 11.7. The molecular weight excluding hydrogens is 250 g/mol. The number of nitrogens with zero attached hydrogens (tertiary/aromatic N) is 4. The zero-order valence-corrected chi connectivity index (χ0v) is 11.7. The van der Waals surface area contributed by atoms with E-state index in [1.165, 1.54) is 0 Å². The fourth-order valence-corrected chi connectivity index (χ4v) is 2.51. The highest BCUT2D eigenvalue weighted by Crippen LogP contribution is 2.24. The van der Waals surface area contributed by atoms with Gasteiger partial charge in [-0.25, -0.2) is 9.97 Å². The summed E-state index contributed by atoms with van der Waals surface area (Å²) in [6, 6.07) is 9.95. The van der Waals surface area contributed by atoms with Gasteiger partial charge in [-0.15, -0.1) is 0 Å². The van der Waals surface area contributed by atoms with Gasteiger partial charge in [0.15, 0.2) is 0 Å². The molecule has 1 aromatic heterocycles. The van der Waals surface area contributed by atoms with Crippen molar-refractivity contribution in [2.75, 3.05) is 41.7 Å². The van der Waals surface area contributed by atoms with Crippen molar-refractivity contribution >= 4 is 17.3 Å². The molecule has 0 amide bonds. The number of benzene rings is 1. The van der Waals surface area contributed by atoms with Crippen LogP contribution >= 0.6 is 0 Å². The van der Waals surface area contributed by atoms with E-state index in [2.05, 4.69) is 25.8 Å². The number of piperazine rings is 1. The summed E-state index contributed by atoms with van der Waals surface area (Å²) in [5.74, 6) is 0.825. The van der Waals surface area contributed by atoms with Crippen molar-refractivity contribution in [1.82, 2.24) is 9.97 Å². The maximum atomic E-state index is 6.04. The second-order valence-corrected chi connectivity index (χ2v) is 5.03. The lowest BCUT2D eigenvalue weighted by Crippen LogP contribution is -2.47. The molecule has 0 radical (unpaired) electrons. The number of aromatic nitrogens is 2. The maximum Gasteiger partial charge on any atom is 0.225 e. The number of nitrogen functional groups attached to an aromatic ring is 1. The molecule has 2 aromatic rings. The van der Waals surface area contributed by atoms with Gasteiger partial charge in [0.2, 0.25) is 5.95 Å². The standard InChI is InChI=1S/C15H19N5/c1-12-6-7-17-15(18-12)20-10-8-19(9-11-20)14-5-3-2-4-13(14)16/h2-7H,8-11,16H2,1H3. The van der Waals surface area contributed by atoms with Crippen LogP contribution in [0.25, 0.3) is 0 Å². The van der Waals surface area contributed by atoms with Gasteiger partial charge in [0.1, 0.15) is 0 Å². The first-order valence-corrected chi connectivity index (χ1v) is 6.88. The molecular formula is C15H19N5. The molecule has 1 aliphatic heterocycles. The van der Waals surface area contributed by atoms with Gasteiger partial charge >= 0.3 is 0 Å². The van der Waals surface area contributed by atoms with Gasteiger partial charge < -0.3 is 15.5 Å². The lowest BCUT2D eigenvalue weighted by atomic mass is 10.2. The van der Waals surface area contributed by atoms with Crippen LogP contribution in [0.5, 0.6) is 0 Å². The molecule has 2 heterocycles. The normalized spacial score (nSPS) is 15.4. The highest BCUT2D eigenvalue weighted by Gasteiger charge is 2.20. The molecule has 3 rings (SSSR count). The summed E-state index contributed by atoms with van der Waals surface area (Å²) in [6.45, 7) is 5.69. The van der Waals surface area contributed by atoms with Crippen LogP contribution < -0.4 is 15.5 Å². The Hall–Kier alpha value is -2.30. The number of para-hydroxylation sites is 2. The van der Waals surface area contributed by atoms with E-state index in [0.29, 0.717) is 0 Å². The summed E-state index contributed by atoms with van der Waals surface area (Å²) < 4.78 is 0. The smallest absolute Gasteiger partial charge is 0.225 e. The Labute approximate surface area is 119 Å². The number of rotatable bonds is 2. The predicted molar refractivity (Wildman–Crippen MR) is 82.0 cm³/mol. The number of hydrogen-bond donors (Lipinski definition) is 1. The fraction of sp³-hybridized carbons (Fsp3) is 0.333. The van der Waals surface area contributed by atoms with Gasteiger partial charge in [0.05, 0.1) is 11.4 Å². The van der Waals surface area contributed by atoms with Gasteiger partial charge in [0.25, 0.3) is 0 Å².